The molecule has 3 aliphatic rings. The van der Waals surface area contributed by atoms with Crippen molar-refractivity contribution in [3.05, 3.63) is 23.9 Å². The van der Waals surface area contributed by atoms with Crippen LogP contribution in [0.3, 0.4) is 0 Å². The molecule has 2 aromatic rings. The molecule has 0 radical (unpaired) electrons. The van der Waals surface area contributed by atoms with Gasteiger partial charge < -0.3 is 9.80 Å². The number of piperidine rings is 2. The van der Waals surface area contributed by atoms with E-state index in [4.69, 9.17) is 0 Å². The minimum Gasteiger partial charge on any atom is -0.371 e. The Morgan fingerprint density at radius 1 is 1.06 bits per heavy atom. The summed E-state index contributed by atoms with van der Waals surface area (Å²) >= 11 is 0. The smallest absolute Gasteiger partial charge is 0.235 e. The van der Waals surface area contributed by atoms with E-state index < -0.39 is 0 Å². The van der Waals surface area contributed by atoms with Gasteiger partial charge >= 0.3 is 0 Å². The lowest BCUT2D eigenvalue weighted by atomic mass is 9.92. The van der Waals surface area contributed by atoms with Crippen LogP contribution in [0.15, 0.2) is 18.2 Å². The molecule has 1 unspecified atom stereocenters. The SMILES string of the molecule is Cn1nc(C2CCC(=O)NC2=O)c2ccc(N3CCC(CN4CCN(C=O)CC4)CC3)cc21. The number of hydrogen-bond donors (Lipinski definition) is 1. The van der Waals surface area contributed by atoms with Gasteiger partial charge in [0.05, 0.1) is 17.1 Å². The van der Waals surface area contributed by atoms with Gasteiger partial charge in [-0.1, -0.05) is 0 Å². The summed E-state index contributed by atoms with van der Waals surface area (Å²) in [6, 6.07) is 6.39. The standard InChI is InChI=1S/C24H32N6O3/c1-27-21-14-18(2-3-19(21)23(26-27)20-4-5-22(32)25-24(20)33)30-8-6-17(7-9-30)15-28-10-12-29(16-31)13-11-28/h2-3,14,16-17,20H,4-13,15H2,1H3,(H,25,32,33). The van der Waals surface area contributed by atoms with Gasteiger partial charge in [0.1, 0.15) is 0 Å². The first-order valence-corrected chi connectivity index (χ1v) is 12.0. The van der Waals surface area contributed by atoms with Gasteiger partial charge in [-0.15, -0.1) is 0 Å². The number of amides is 3. The summed E-state index contributed by atoms with van der Waals surface area (Å²) in [6.45, 7) is 6.82. The van der Waals surface area contributed by atoms with Crippen molar-refractivity contribution in [2.75, 3.05) is 50.7 Å². The lowest BCUT2D eigenvalue weighted by Crippen LogP contribution is -2.48. The van der Waals surface area contributed by atoms with E-state index >= 15 is 0 Å². The van der Waals surface area contributed by atoms with E-state index in [1.807, 2.05) is 16.6 Å². The summed E-state index contributed by atoms with van der Waals surface area (Å²) in [4.78, 5) is 41.6. The van der Waals surface area contributed by atoms with E-state index in [1.165, 1.54) is 18.5 Å². The molecule has 1 aromatic heterocycles. The first kappa shape index (κ1) is 21.9. The number of anilines is 1. The van der Waals surface area contributed by atoms with E-state index in [1.54, 1.807) is 0 Å². The molecule has 0 bridgehead atoms. The number of rotatable bonds is 5. The van der Waals surface area contributed by atoms with Crippen molar-refractivity contribution in [1.82, 2.24) is 24.9 Å². The number of imide groups is 1. The topological polar surface area (TPSA) is 90.8 Å². The van der Waals surface area contributed by atoms with Crippen LogP contribution in [0.4, 0.5) is 5.69 Å². The highest BCUT2D eigenvalue weighted by atomic mass is 16.2. The fourth-order valence-corrected chi connectivity index (χ4v) is 5.47. The van der Waals surface area contributed by atoms with Gasteiger partial charge in [0.25, 0.3) is 0 Å². The highest BCUT2D eigenvalue weighted by molar-refractivity contribution is 6.02. The summed E-state index contributed by atoms with van der Waals surface area (Å²) in [6.07, 6.45) is 4.16. The molecular weight excluding hydrogens is 420 g/mol. The van der Waals surface area contributed by atoms with E-state index in [-0.39, 0.29) is 17.7 Å². The molecule has 176 valence electrons. The fraction of sp³-hybridized carbons (Fsp3) is 0.583. The molecule has 3 amide bonds. The number of carbonyl (C=O) groups excluding carboxylic acids is 3. The first-order valence-electron chi connectivity index (χ1n) is 12.0. The maximum atomic E-state index is 12.4. The molecular formula is C24H32N6O3. The normalized spacial score (nSPS) is 23.2. The Bertz CT molecular complexity index is 1050. The molecule has 0 saturated carbocycles. The van der Waals surface area contributed by atoms with Crippen LogP contribution in [0.1, 0.15) is 37.3 Å². The number of benzene rings is 1. The van der Waals surface area contributed by atoms with Crippen molar-refractivity contribution in [3.63, 3.8) is 0 Å². The summed E-state index contributed by atoms with van der Waals surface area (Å²) in [5, 5.41) is 8.09. The lowest BCUT2D eigenvalue weighted by Gasteiger charge is -2.38. The zero-order chi connectivity index (χ0) is 22.9. The Kier molecular flexibility index (Phi) is 6.05. The molecule has 0 aliphatic carbocycles. The number of aromatic nitrogens is 2. The van der Waals surface area contributed by atoms with E-state index in [9.17, 15) is 14.4 Å². The van der Waals surface area contributed by atoms with Gasteiger partial charge in [0.15, 0.2) is 0 Å². The summed E-state index contributed by atoms with van der Waals surface area (Å²) in [5.41, 5.74) is 2.97. The Labute approximate surface area is 193 Å². The van der Waals surface area contributed by atoms with Crippen LogP contribution in [0.25, 0.3) is 10.9 Å². The second-order valence-electron chi connectivity index (χ2n) is 9.59. The molecule has 3 saturated heterocycles. The van der Waals surface area contributed by atoms with E-state index in [0.717, 1.165) is 68.8 Å². The maximum absolute atomic E-state index is 12.4. The summed E-state index contributed by atoms with van der Waals surface area (Å²) in [5.74, 6) is -0.125. The number of aryl methyl sites for hydroxylation is 1. The molecule has 9 heteroatoms. The zero-order valence-electron chi connectivity index (χ0n) is 19.2. The number of fused-ring (bicyclic) bond motifs is 1. The number of piperazine rings is 1. The van der Waals surface area contributed by atoms with Crippen molar-refractivity contribution in [3.8, 4) is 0 Å². The highest BCUT2D eigenvalue weighted by Gasteiger charge is 2.32. The van der Waals surface area contributed by atoms with E-state index in [0.29, 0.717) is 18.8 Å². The molecule has 1 aromatic carbocycles. The molecule has 9 nitrogen and oxygen atoms in total. The van der Waals surface area contributed by atoms with Crippen molar-refractivity contribution >= 4 is 34.8 Å². The van der Waals surface area contributed by atoms with Crippen LogP contribution < -0.4 is 10.2 Å². The second-order valence-corrected chi connectivity index (χ2v) is 9.59. The first-order chi connectivity index (χ1) is 16.0. The maximum Gasteiger partial charge on any atom is 0.235 e. The molecule has 3 fully saturated rings. The molecule has 0 spiro atoms. The third-order valence-electron chi connectivity index (χ3n) is 7.48. The number of hydrogen-bond acceptors (Lipinski definition) is 6. The largest absolute Gasteiger partial charge is 0.371 e. The minimum absolute atomic E-state index is 0.203. The van der Waals surface area contributed by atoms with Crippen LogP contribution in [-0.2, 0) is 21.4 Å². The number of nitrogens with one attached hydrogen (secondary N) is 1. The Morgan fingerprint density at radius 2 is 1.82 bits per heavy atom. The second kappa shape index (κ2) is 9.13. The molecule has 33 heavy (non-hydrogen) atoms. The Balaban J connectivity index is 1.23. The molecule has 1 N–H and O–H groups in total. The quantitative estimate of drug-likeness (QED) is 0.539. The van der Waals surface area contributed by atoms with Gasteiger partial charge in [0, 0.05) is 70.4 Å². The van der Waals surface area contributed by atoms with Crippen LogP contribution in [-0.4, -0.2) is 83.6 Å². The average Bonchev–Trinajstić information content (AvgIpc) is 3.15. The summed E-state index contributed by atoms with van der Waals surface area (Å²) in [7, 11) is 1.91. The van der Waals surface area contributed by atoms with Gasteiger partial charge in [-0.2, -0.15) is 5.10 Å². The third kappa shape index (κ3) is 4.46. The highest BCUT2D eigenvalue weighted by Crippen LogP contribution is 2.33. The Hall–Kier alpha value is -2.94. The van der Waals surface area contributed by atoms with Crippen molar-refractivity contribution in [1.29, 1.82) is 0 Å². The van der Waals surface area contributed by atoms with Gasteiger partial charge in [-0.3, -0.25) is 29.3 Å². The molecule has 3 aliphatic heterocycles. The van der Waals surface area contributed by atoms with Crippen molar-refractivity contribution in [2.45, 2.75) is 31.6 Å². The third-order valence-corrected chi connectivity index (χ3v) is 7.48. The van der Waals surface area contributed by atoms with Crippen molar-refractivity contribution < 1.29 is 14.4 Å². The van der Waals surface area contributed by atoms with Crippen LogP contribution >= 0.6 is 0 Å². The molecule has 5 rings (SSSR count). The van der Waals surface area contributed by atoms with Crippen LogP contribution in [0.2, 0.25) is 0 Å². The van der Waals surface area contributed by atoms with E-state index in [2.05, 4.69) is 38.4 Å². The van der Waals surface area contributed by atoms with Gasteiger partial charge in [-0.05, 0) is 43.4 Å². The van der Waals surface area contributed by atoms with Crippen LogP contribution in [0, 0.1) is 5.92 Å². The Morgan fingerprint density at radius 3 is 2.52 bits per heavy atom. The monoisotopic (exact) mass is 452 g/mol. The number of carbonyl (C=O) groups is 3. The predicted octanol–water partition coefficient (Wildman–Crippen LogP) is 1.08. The fourth-order valence-electron chi connectivity index (χ4n) is 5.47. The average molecular weight is 453 g/mol. The lowest BCUT2D eigenvalue weighted by molar-refractivity contribution is -0.134. The molecule has 4 heterocycles. The summed E-state index contributed by atoms with van der Waals surface area (Å²) < 4.78 is 1.85. The number of nitrogens with zero attached hydrogens (tertiary/aromatic N) is 5. The van der Waals surface area contributed by atoms with Gasteiger partial charge in [0.2, 0.25) is 18.2 Å². The molecule has 1 atom stereocenters. The minimum atomic E-state index is -0.374. The predicted molar refractivity (Wildman–Crippen MR) is 125 cm³/mol. The zero-order valence-corrected chi connectivity index (χ0v) is 19.2. The van der Waals surface area contributed by atoms with Crippen LogP contribution in [0.5, 0.6) is 0 Å². The van der Waals surface area contributed by atoms with Crippen molar-refractivity contribution in [2.24, 2.45) is 13.0 Å². The van der Waals surface area contributed by atoms with Gasteiger partial charge in [-0.25, -0.2) is 0 Å².